The fourth-order valence-electron chi connectivity index (χ4n) is 6.07. The van der Waals surface area contributed by atoms with Crippen LogP contribution in [-0.2, 0) is 25.5 Å². The van der Waals surface area contributed by atoms with Gasteiger partial charge in [-0.05, 0) is 48.9 Å². The van der Waals surface area contributed by atoms with E-state index in [0.717, 1.165) is 5.56 Å². The number of rotatable bonds is 11. The number of hydrogen-bond donors (Lipinski definition) is 2. The Morgan fingerprint density at radius 1 is 0.788 bits per heavy atom. The Hall–Kier alpha value is -6.60. The van der Waals surface area contributed by atoms with Crippen molar-refractivity contribution in [3.63, 3.8) is 0 Å². The van der Waals surface area contributed by atoms with Crippen LogP contribution in [0.25, 0.3) is 11.2 Å². The summed E-state index contributed by atoms with van der Waals surface area (Å²) in [6.45, 7) is 1.66. The molecule has 3 heterocycles. The largest absolute Gasteiger partial charge is 0.459 e. The summed E-state index contributed by atoms with van der Waals surface area (Å²) in [5, 5.41) is 3.27. The number of nitrogens with two attached hydrogens (primary N) is 1. The van der Waals surface area contributed by atoms with E-state index < -0.39 is 41.9 Å². The van der Waals surface area contributed by atoms with Gasteiger partial charge < -0.3 is 30.0 Å². The summed E-state index contributed by atoms with van der Waals surface area (Å²) in [7, 11) is 0. The lowest BCUT2D eigenvalue weighted by Gasteiger charge is -2.34. The number of hydrogen-bond acceptors (Lipinski definition) is 12. The molecule has 0 aliphatic carbocycles. The molecule has 13 nitrogen and oxygen atoms in total. The zero-order chi connectivity index (χ0) is 36.1. The number of aromatic nitrogens is 4. The van der Waals surface area contributed by atoms with Gasteiger partial charge in [0.2, 0.25) is 5.95 Å². The average molecular weight is 699 g/mol. The molecule has 1 saturated heterocycles. The van der Waals surface area contributed by atoms with Crippen molar-refractivity contribution in [3.05, 3.63) is 150 Å². The van der Waals surface area contributed by atoms with E-state index in [2.05, 4.69) is 20.3 Å². The summed E-state index contributed by atoms with van der Waals surface area (Å²) in [6, 6.07) is 34.9. The molecule has 7 rings (SSSR count). The van der Waals surface area contributed by atoms with E-state index in [1.807, 2.05) is 30.3 Å². The first-order valence-electron chi connectivity index (χ1n) is 16.5. The van der Waals surface area contributed by atoms with Crippen molar-refractivity contribution in [1.29, 1.82) is 0 Å². The number of fused-ring (bicyclic) bond motifs is 1. The van der Waals surface area contributed by atoms with E-state index in [0.29, 0.717) is 23.4 Å². The lowest BCUT2D eigenvalue weighted by atomic mass is 9.95. The number of carbonyl (C=O) groups excluding carboxylic acids is 3. The minimum Gasteiger partial charge on any atom is -0.459 e. The van der Waals surface area contributed by atoms with Crippen LogP contribution in [0.4, 0.5) is 11.8 Å². The van der Waals surface area contributed by atoms with Gasteiger partial charge in [0.1, 0.15) is 12.7 Å². The highest BCUT2D eigenvalue weighted by Gasteiger charge is 2.61. The molecule has 0 unspecified atom stereocenters. The van der Waals surface area contributed by atoms with Gasteiger partial charge in [-0.3, -0.25) is 4.57 Å². The number of nitrogens with zero attached hydrogens (tertiary/aromatic N) is 4. The van der Waals surface area contributed by atoms with Crippen LogP contribution in [0.3, 0.4) is 0 Å². The van der Waals surface area contributed by atoms with Gasteiger partial charge >= 0.3 is 17.9 Å². The van der Waals surface area contributed by atoms with Crippen LogP contribution < -0.4 is 11.1 Å². The number of esters is 3. The van der Waals surface area contributed by atoms with Crippen LogP contribution in [-0.4, -0.2) is 61.8 Å². The van der Waals surface area contributed by atoms with Crippen LogP contribution >= 0.6 is 0 Å². The van der Waals surface area contributed by atoms with Crippen molar-refractivity contribution in [3.8, 4) is 0 Å². The number of ether oxygens (including phenoxy) is 4. The van der Waals surface area contributed by atoms with E-state index in [1.54, 1.807) is 102 Å². The topological polar surface area (TPSA) is 170 Å². The number of imidazole rings is 1. The standard InChI is InChI=1S/C39H34N6O7/c1-39(52-36(48)28-20-12-5-13-21-28)31(51-35(47)27-18-10-4-11-19-27)29(23-49-34(46)26-16-8-3-9-17-26)50-37(39)45-24-42-30-32(43-38(40)44-33(30)45)41-22-25-14-6-2-7-15-25/h2-21,24,29,31,37H,22-23H2,1H3,(H3,40,41,43,44)/t29-,31-,37-,39-/m1/s1. The maximum atomic E-state index is 13.8. The molecule has 4 aromatic carbocycles. The van der Waals surface area contributed by atoms with E-state index >= 15 is 0 Å². The Morgan fingerprint density at radius 3 is 1.96 bits per heavy atom. The van der Waals surface area contributed by atoms with Gasteiger partial charge in [0.05, 0.1) is 23.0 Å². The second kappa shape index (κ2) is 14.7. The maximum absolute atomic E-state index is 13.8. The van der Waals surface area contributed by atoms with E-state index in [4.69, 9.17) is 24.7 Å². The molecule has 262 valence electrons. The number of nitrogen functional groups attached to an aromatic ring is 1. The summed E-state index contributed by atoms with van der Waals surface area (Å²) in [5.74, 6) is -1.71. The quantitative estimate of drug-likeness (QED) is 0.127. The molecule has 0 spiro atoms. The fourth-order valence-corrected chi connectivity index (χ4v) is 6.07. The highest BCUT2D eigenvalue weighted by Crippen LogP contribution is 2.45. The molecule has 1 fully saturated rings. The van der Waals surface area contributed by atoms with Gasteiger partial charge in [-0.15, -0.1) is 0 Å². The molecule has 0 bridgehead atoms. The first-order valence-corrected chi connectivity index (χ1v) is 16.5. The highest BCUT2D eigenvalue weighted by molar-refractivity contribution is 5.91. The summed E-state index contributed by atoms with van der Waals surface area (Å²) < 4.78 is 26.3. The number of carbonyl (C=O) groups is 3. The highest BCUT2D eigenvalue weighted by atomic mass is 16.7. The van der Waals surface area contributed by atoms with E-state index in [1.165, 1.54) is 6.33 Å². The van der Waals surface area contributed by atoms with Crippen molar-refractivity contribution in [2.45, 2.75) is 37.5 Å². The third kappa shape index (κ3) is 7.02. The molecule has 0 radical (unpaired) electrons. The second-order valence-corrected chi connectivity index (χ2v) is 12.2. The van der Waals surface area contributed by atoms with Gasteiger partial charge in [-0.25, -0.2) is 19.4 Å². The first-order chi connectivity index (χ1) is 25.3. The molecule has 52 heavy (non-hydrogen) atoms. The van der Waals surface area contributed by atoms with Crippen LogP contribution in [0.5, 0.6) is 0 Å². The first kappa shape index (κ1) is 33.9. The summed E-state index contributed by atoms with van der Waals surface area (Å²) >= 11 is 0. The van der Waals surface area contributed by atoms with Crippen LogP contribution in [0, 0.1) is 0 Å². The molecule has 1 aliphatic rings. The molecule has 1 aliphatic heterocycles. The lowest BCUT2D eigenvalue weighted by Crippen LogP contribution is -2.50. The SMILES string of the molecule is C[C@@]1(OC(=O)c2ccccc2)[C@H](OC(=O)c2ccccc2)[C@@H](COC(=O)c2ccccc2)O[C@H]1n1cnc2c(NCc3ccccc3)nc(N)nc21. The molecule has 6 aromatic rings. The van der Waals surface area contributed by atoms with E-state index in [-0.39, 0.29) is 29.3 Å². The zero-order valence-corrected chi connectivity index (χ0v) is 28.0. The van der Waals surface area contributed by atoms with Crippen molar-refractivity contribution in [2.75, 3.05) is 17.7 Å². The molecular formula is C39H34N6O7. The van der Waals surface area contributed by atoms with Gasteiger partial charge in [-0.1, -0.05) is 84.9 Å². The smallest absolute Gasteiger partial charge is 0.338 e. The van der Waals surface area contributed by atoms with Gasteiger partial charge in [0.25, 0.3) is 0 Å². The average Bonchev–Trinajstić information content (AvgIpc) is 3.71. The van der Waals surface area contributed by atoms with Gasteiger partial charge in [0.15, 0.2) is 34.9 Å². The Bertz CT molecular complexity index is 2190. The molecule has 2 aromatic heterocycles. The fraction of sp³-hybridized carbons (Fsp3) is 0.179. The molecule has 0 saturated carbocycles. The van der Waals surface area contributed by atoms with Crippen LogP contribution in [0.15, 0.2) is 128 Å². The maximum Gasteiger partial charge on any atom is 0.338 e. The summed E-state index contributed by atoms with van der Waals surface area (Å²) in [6.07, 6.45) is -2.17. The van der Waals surface area contributed by atoms with Crippen molar-refractivity contribution < 1.29 is 33.3 Å². The summed E-state index contributed by atoms with van der Waals surface area (Å²) in [4.78, 5) is 54.0. The number of benzene rings is 4. The predicted octanol–water partition coefficient (Wildman–Crippen LogP) is 5.62. The van der Waals surface area contributed by atoms with Crippen molar-refractivity contribution in [2.24, 2.45) is 0 Å². The van der Waals surface area contributed by atoms with Gasteiger partial charge in [-0.2, -0.15) is 9.97 Å². The third-order valence-corrected chi connectivity index (χ3v) is 8.64. The predicted molar refractivity (Wildman–Crippen MR) is 190 cm³/mol. The zero-order valence-electron chi connectivity index (χ0n) is 28.0. The van der Waals surface area contributed by atoms with Crippen LogP contribution in [0.1, 0.15) is 49.8 Å². The van der Waals surface area contributed by atoms with Crippen molar-refractivity contribution >= 4 is 40.8 Å². The molecule has 4 atom stereocenters. The Balaban J connectivity index is 1.29. The number of anilines is 2. The minimum atomic E-state index is -1.74. The Labute approximate surface area is 298 Å². The third-order valence-electron chi connectivity index (χ3n) is 8.64. The number of nitrogens with one attached hydrogen (secondary N) is 1. The molecule has 13 heteroatoms. The molecule has 0 amide bonds. The Kier molecular flexibility index (Phi) is 9.58. The Morgan fingerprint density at radius 2 is 1.35 bits per heavy atom. The molecule has 3 N–H and O–H groups in total. The van der Waals surface area contributed by atoms with Gasteiger partial charge in [0, 0.05) is 6.54 Å². The molecular weight excluding hydrogens is 664 g/mol. The van der Waals surface area contributed by atoms with Crippen LogP contribution in [0.2, 0.25) is 0 Å². The summed E-state index contributed by atoms with van der Waals surface area (Å²) in [5.41, 5.74) is 6.91. The monoisotopic (exact) mass is 698 g/mol. The lowest BCUT2D eigenvalue weighted by molar-refractivity contribution is -0.108. The normalized spacial score (nSPS) is 19.5. The second-order valence-electron chi connectivity index (χ2n) is 12.2. The minimum absolute atomic E-state index is 0.0498. The van der Waals surface area contributed by atoms with Crippen molar-refractivity contribution in [1.82, 2.24) is 19.5 Å². The van der Waals surface area contributed by atoms with E-state index in [9.17, 15) is 14.4 Å².